The normalized spacial score (nSPS) is 17.8. The molecule has 1 aliphatic rings. The lowest BCUT2D eigenvalue weighted by Crippen LogP contribution is -2.15. The summed E-state index contributed by atoms with van der Waals surface area (Å²) in [6, 6.07) is 6.36. The number of hydrogen-bond donors (Lipinski definition) is 2. The van der Waals surface area contributed by atoms with Crippen LogP contribution in [0, 0.1) is 5.82 Å². The third-order valence-electron chi connectivity index (χ3n) is 5.85. The van der Waals surface area contributed by atoms with E-state index in [9.17, 15) is 4.39 Å². The predicted octanol–water partition coefficient (Wildman–Crippen LogP) is 4.84. The third kappa shape index (κ3) is 4.87. The highest BCUT2D eigenvalue weighted by molar-refractivity contribution is 6.30. The Morgan fingerprint density at radius 2 is 2.20 bits per heavy atom. The minimum Gasteiger partial charge on any atom is -0.482 e. The van der Waals surface area contributed by atoms with Crippen LogP contribution in [0.1, 0.15) is 36.6 Å². The van der Waals surface area contributed by atoms with Gasteiger partial charge in [0.05, 0.1) is 5.69 Å². The number of methoxy groups -OCH3 is 1. The number of hydrogen-bond acceptors (Lipinski definition) is 7. The number of nitrogens with one attached hydrogen (secondary N) is 1. The van der Waals surface area contributed by atoms with Crippen LogP contribution in [0.3, 0.4) is 0 Å². The van der Waals surface area contributed by atoms with Crippen molar-refractivity contribution in [2.75, 3.05) is 26.2 Å². The first-order valence-electron chi connectivity index (χ1n) is 11.2. The summed E-state index contributed by atoms with van der Waals surface area (Å²) in [6.07, 6.45) is 3.27. The van der Waals surface area contributed by atoms with E-state index in [1.165, 1.54) is 12.1 Å². The van der Waals surface area contributed by atoms with E-state index in [-0.39, 0.29) is 12.5 Å². The van der Waals surface area contributed by atoms with Gasteiger partial charge in [-0.25, -0.2) is 9.37 Å². The lowest BCUT2D eigenvalue weighted by molar-refractivity contribution is 0.214. The summed E-state index contributed by atoms with van der Waals surface area (Å²) in [7, 11) is 3.25. The van der Waals surface area contributed by atoms with Crippen molar-refractivity contribution in [3.8, 4) is 17.0 Å². The van der Waals surface area contributed by atoms with Gasteiger partial charge in [-0.1, -0.05) is 11.6 Å². The molecule has 3 aromatic rings. The number of rotatable bonds is 5. The van der Waals surface area contributed by atoms with E-state index in [2.05, 4.69) is 20.4 Å². The number of ether oxygens (including phenoxy) is 2. The maximum Gasteiger partial charge on any atom is 0.170 e. The van der Waals surface area contributed by atoms with Gasteiger partial charge in [0.25, 0.3) is 0 Å². The number of aryl methyl sites for hydroxylation is 1. The first-order chi connectivity index (χ1) is 16.9. The molecule has 2 aromatic heterocycles. The van der Waals surface area contributed by atoms with Crippen molar-refractivity contribution < 1.29 is 13.9 Å². The van der Waals surface area contributed by atoms with Gasteiger partial charge in [0, 0.05) is 67.5 Å². The number of benzene rings is 1. The number of allylic oxidation sites excluding steroid dienone is 1. The maximum absolute atomic E-state index is 14.3. The maximum atomic E-state index is 14.3. The second-order valence-electron chi connectivity index (χ2n) is 8.11. The number of anilines is 1. The monoisotopic (exact) mass is 498 g/mol. The van der Waals surface area contributed by atoms with Gasteiger partial charge >= 0.3 is 0 Å². The van der Waals surface area contributed by atoms with E-state index < -0.39 is 6.10 Å². The number of fused-ring (bicyclic) bond motifs is 5. The number of pyridine rings is 1. The van der Waals surface area contributed by atoms with E-state index in [1.807, 2.05) is 24.6 Å². The van der Waals surface area contributed by atoms with Crippen LogP contribution in [-0.4, -0.2) is 41.9 Å². The second-order valence-corrected chi connectivity index (χ2v) is 8.47. The average Bonchev–Trinajstić information content (AvgIpc) is 3.16. The summed E-state index contributed by atoms with van der Waals surface area (Å²) in [6.45, 7) is 4.67. The molecule has 1 aliphatic heterocycles. The highest BCUT2D eigenvalue weighted by Gasteiger charge is 2.25. The summed E-state index contributed by atoms with van der Waals surface area (Å²) in [5.41, 5.74) is 11.5. The predicted molar refractivity (Wildman–Crippen MR) is 136 cm³/mol. The molecular formula is C25H28ClFN6O2. The zero-order valence-electron chi connectivity index (χ0n) is 20.1. The summed E-state index contributed by atoms with van der Waals surface area (Å²) >= 11 is 6.63. The van der Waals surface area contributed by atoms with Gasteiger partial charge in [-0.2, -0.15) is 5.10 Å². The molecule has 0 saturated carbocycles. The first kappa shape index (κ1) is 24.7. The summed E-state index contributed by atoms with van der Waals surface area (Å²) in [5.74, 6) is 0.589. The van der Waals surface area contributed by atoms with Crippen LogP contribution in [-0.2, 0) is 17.7 Å². The van der Waals surface area contributed by atoms with Crippen molar-refractivity contribution in [1.82, 2.24) is 14.8 Å². The van der Waals surface area contributed by atoms with E-state index in [0.717, 1.165) is 22.4 Å². The number of nitrogens with zero attached hydrogens (tertiary/aromatic N) is 4. The van der Waals surface area contributed by atoms with E-state index in [1.54, 1.807) is 32.6 Å². The van der Waals surface area contributed by atoms with Crippen LogP contribution < -0.4 is 15.8 Å². The van der Waals surface area contributed by atoms with E-state index in [4.69, 9.17) is 26.8 Å². The SMILES string of the molecule is CCn1nc(Cl)c2c1-c1cnc(NCOC)c(c1)OC(C)c1cc(F)ccc1/C(N)=C(/C=NC)C2. The molecule has 1 aromatic carbocycles. The molecule has 0 radical (unpaired) electrons. The Hall–Kier alpha value is -3.43. The topological polar surface area (TPSA) is 99.6 Å². The molecule has 8 nitrogen and oxygen atoms in total. The molecule has 184 valence electrons. The smallest absolute Gasteiger partial charge is 0.170 e. The number of aromatic nitrogens is 3. The lowest BCUT2D eigenvalue weighted by Gasteiger charge is -2.23. The van der Waals surface area contributed by atoms with Crippen molar-refractivity contribution in [2.24, 2.45) is 10.7 Å². The van der Waals surface area contributed by atoms with Gasteiger partial charge in [0.15, 0.2) is 16.7 Å². The zero-order chi connectivity index (χ0) is 25.1. The molecule has 1 unspecified atom stereocenters. The Bertz CT molecular complexity index is 1300. The van der Waals surface area contributed by atoms with Crippen LogP contribution in [0.2, 0.25) is 5.15 Å². The molecule has 2 bridgehead atoms. The molecule has 3 heterocycles. The summed E-state index contributed by atoms with van der Waals surface area (Å²) < 4.78 is 27.7. The van der Waals surface area contributed by atoms with Gasteiger partial charge in [-0.05, 0) is 43.7 Å². The second kappa shape index (κ2) is 10.5. The quantitative estimate of drug-likeness (QED) is 0.385. The number of halogens is 2. The van der Waals surface area contributed by atoms with Crippen LogP contribution in [0.25, 0.3) is 17.0 Å². The van der Waals surface area contributed by atoms with Crippen LogP contribution in [0.4, 0.5) is 10.2 Å². The molecule has 0 fully saturated rings. The molecule has 1 atom stereocenters. The molecule has 3 N–H and O–H groups in total. The van der Waals surface area contributed by atoms with Gasteiger partial charge in [-0.3, -0.25) is 9.67 Å². The molecule has 0 amide bonds. The van der Waals surface area contributed by atoms with Crippen LogP contribution >= 0.6 is 11.6 Å². The Morgan fingerprint density at radius 3 is 2.91 bits per heavy atom. The van der Waals surface area contributed by atoms with Crippen molar-refractivity contribution in [1.29, 1.82) is 0 Å². The van der Waals surface area contributed by atoms with Crippen molar-refractivity contribution in [3.05, 3.63) is 63.7 Å². The molecule has 0 saturated heterocycles. The highest BCUT2D eigenvalue weighted by atomic mass is 35.5. The Balaban J connectivity index is 2.03. The Labute approximate surface area is 208 Å². The molecular weight excluding hydrogens is 471 g/mol. The van der Waals surface area contributed by atoms with Crippen molar-refractivity contribution in [3.63, 3.8) is 0 Å². The highest BCUT2D eigenvalue weighted by Crippen LogP contribution is 2.38. The standard InChI is InChI=1S/C25H28ClFN6O2/c1-5-33-23-16-9-21(25(30-12-16)31-13-34-4)35-14(2)19-10-17(27)6-7-18(19)22(28)15(11-29-3)8-20(23)24(26)32-33/h6-7,9-12,14H,5,8,13,28H2,1-4H3,(H,30,31)/b22-15-,29-11?. The van der Waals surface area contributed by atoms with E-state index in [0.29, 0.717) is 46.5 Å². The van der Waals surface area contributed by atoms with Crippen LogP contribution in [0.5, 0.6) is 5.75 Å². The zero-order valence-corrected chi connectivity index (χ0v) is 20.9. The summed E-state index contributed by atoms with van der Waals surface area (Å²) in [5, 5.41) is 8.01. The fourth-order valence-electron chi connectivity index (χ4n) is 4.21. The minimum atomic E-state index is -0.544. The lowest BCUT2D eigenvalue weighted by atomic mass is 9.94. The minimum absolute atomic E-state index is 0.238. The van der Waals surface area contributed by atoms with Crippen LogP contribution in [0.15, 0.2) is 41.0 Å². The first-order valence-corrected chi connectivity index (χ1v) is 11.6. The van der Waals surface area contributed by atoms with Crippen molar-refractivity contribution >= 4 is 29.3 Å². The fourth-order valence-corrected chi connectivity index (χ4v) is 4.46. The fraction of sp³-hybridized carbons (Fsp3) is 0.320. The average molecular weight is 499 g/mol. The molecule has 35 heavy (non-hydrogen) atoms. The van der Waals surface area contributed by atoms with Gasteiger partial charge in [0.1, 0.15) is 18.7 Å². The van der Waals surface area contributed by atoms with Gasteiger partial charge in [-0.15, -0.1) is 0 Å². The largest absolute Gasteiger partial charge is 0.482 e. The third-order valence-corrected chi connectivity index (χ3v) is 6.16. The Morgan fingerprint density at radius 1 is 1.40 bits per heavy atom. The number of aliphatic imine (C=N–C) groups is 1. The molecule has 4 rings (SSSR count). The Kier molecular flexibility index (Phi) is 7.37. The van der Waals surface area contributed by atoms with Gasteiger partial charge in [0.2, 0.25) is 0 Å². The molecule has 0 aliphatic carbocycles. The van der Waals surface area contributed by atoms with Gasteiger partial charge < -0.3 is 20.5 Å². The van der Waals surface area contributed by atoms with Crippen molar-refractivity contribution in [2.45, 2.75) is 32.9 Å². The molecule has 10 heteroatoms. The number of nitrogens with two attached hydrogens (primary N) is 1. The van der Waals surface area contributed by atoms with E-state index >= 15 is 0 Å². The summed E-state index contributed by atoms with van der Waals surface area (Å²) in [4.78, 5) is 8.80. The molecule has 0 spiro atoms.